The number of nitrogens with one attached hydrogen (secondary N) is 1. The fourth-order valence-electron chi connectivity index (χ4n) is 2.44. The van der Waals surface area contributed by atoms with Gasteiger partial charge in [-0.25, -0.2) is 0 Å². The van der Waals surface area contributed by atoms with Crippen LogP contribution in [0.15, 0.2) is 29.2 Å². The molecule has 0 spiro atoms. The van der Waals surface area contributed by atoms with Gasteiger partial charge in [-0.15, -0.1) is 0 Å². The highest BCUT2D eigenvalue weighted by molar-refractivity contribution is 7.99. The minimum absolute atomic E-state index is 0.0648. The first-order chi connectivity index (χ1) is 10.5. The van der Waals surface area contributed by atoms with Gasteiger partial charge >= 0.3 is 5.97 Å². The van der Waals surface area contributed by atoms with Crippen molar-refractivity contribution in [1.29, 1.82) is 0 Å². The van der Waals surface area contributed by atoms with Crippen LogP contribution in [-0.2, 0) is 9.59 Å². The number of likely N-dealkylation sites (tertiary alicyclic amines) is 1. The molecule has 0 aromatic heterocycles. The van der Waals surface area contributed by atoms with Crippen LogP contribution < -0.4 is 5.32 Å². The SMILES string of the molecule is O=C(CN1CCCC1C(=O)O)Nc1ccccc1SC(F)F. The van der Waals surface area contributed by atoms with E-state index in [0.717, 1.165) is 6.42 Å². The second-order valence-electron chi connectivity index (χ2n) is 4.89. The molecule has 5 nitrogen and oxygen atoms in total. The van der Waals surface area contributed by atoms with E-state index in [4.69, 9.17) is 5.11 Å². The standard InChI is InChI=1S/C14H16F2N2O3S/c15-14(16)22-11-6-2-1-4-9(11)17-12(19)8-18-7-3-5-10(18)13(20)21/h1-2,4,6,10,14H,3,5,7-8H2,(H,17,19)(H,20,21). The number of thioether (sulfide) groups is 1. The largest absolute Gasteiger partial charge is 0.480 e. The monoisotopic (exact) mass is 330 g/mol. The van der Waals surface area contributed by atoms with Gasteiger partial charge in [-0.1, -0.05) is 23.9 Å². The van der Waals surface area contributed by atoms with Crippen molar-refractivity contribution in [2.24, 2.45) is 0 Å². The molecule has 2 rings (SSSR count). The Morgan fingerprint density at radius 1 is 1.41 bits per heavy atom. The van der Waals surface area contributed by atoms with Crippen molar-refractivity contribution in [2.75, 3.05) is 18.4 Å². The first-order valence-corrected chi connectivity index (χ1v) is 7.66. The van der Waals surface area contributed by atoms with Crippen LogP contribution in [0.4, 0.5) is 14.5 Å². The van der Waals surface area contributed by atoms with E-state index < -0.39 is 23.7 Å². The van der Waals surface area contributed by atoms with Gasteiger partial charge in [0.15, 0.2) is 0 Å². The Morgan fingerprint density at radius 3 is 2.82 bits per heavy atom. The number of carbonyl (C=O) groups is 2. The second-order valence-corrected chi connectivity index (χ2v) is 5.92. The molecule has 1 fully saturated rings. The number of hydrogen-bond acceptors (Lipinski definition) is 4. The van der Waals surface area contributed by atoms with E-state index in [0.29, 0.717) is 30.4 Å². The molecule has 8 heteroatoms. The number of nitrogens with zero attached hydrogens (tertiary/aromatic N) is 1. The molecule has 1 aromatic carbocycles. The lowest BCUT2D eigenvalue weighted by atomic mass is 10.2. The fraction of sp³-hybridized carbons (Fsp3) is 0.429. The molecule has 1 aliphatic rings. The highest BCUT2D eigenvalue weighted by Gasteiger charge is 2.31. The number of para-hydroxylation sites is 1. The molecule has 120 valence electrons. The molecule has 0 aliphatic carbocycles. The van der Waals surface area contributed by atoms with Crippen LogP contribution in [-0.4, -0.2) is 46.8 Å². The Labute approximate surface area is 130 Å². The Hall–Kier alpha value is -1.67. The van der Waals surface area contributed by atoms with Crippen LogP contribution in [0.25, 0.3) is 0 Å². The molecule has 1 aromatic rings. The van der Waals surface area contributed by atoms with E-state index in [1.54, 1.807) is 23.1 Å². The van der Waals surface area contributed by atoms with Gasteiger partial charge in [-0.05, 0) is 31.5 Å². The van der Waals surface area contributed by atoms with Crippen LogP contribution in [0, 0.1) is 0 Å². The normalized spacial score (nSPS) is 18.6. The van der Waals surface area contributed by atoms with Crippen molar-refractivity contribution in [3.63, 3.8) is 0 Å². The molecule has 1 heterocycles. The zero-order valence-electron chi connectivity index (χ0n) is 11.7. The maximum absolute atomic E-state index is 12.5. The fourth-order valence-corrected chi connectivity index (χ4v) is 3.03. The first-order valence-electron chi connectivity index (χ1n) is 6.78. The molecule has 0 radical (unpaired) electrons. The number of benzene rings is 1. The van der Waals surface area contributed by atoms with Gasteiger partial charge in [0, 0.05) is 4.90 Å². The predicted octanol–water partition coefficient (Wildman–Crippen LogP) is 2.49. The Bertz CT molecular complexity index is 557. The molecule has 0 bridgehead atoms. The maximum atomic E-state index is 12.5. The lowest BCUT2D eigenvalue weighted by molar-refractivity contribution is -0.142. The van der Waals surface area contributed by atoms with Crippen LogP contribution >= 0.6 is 11.8 Å². The summed E-state index contributed by atoms with van der Waals surface area (Å²) in [6, 6.07) is 5.64. The van der Waals surface area contributed by atoms with Gasteiger partial charge in [0.1, 0.15) is 6.04 Å². The summed E-state index contributed by atoms with van der Waals surface area (Å²) >= 11 is 0.359. The Morgan fingerprint density at radius 2 is 2.14 bits per heavy atom. The van der Waals surface area contributed by atoms with Crippen molar-refractivity contribution in [3.05, 3.63) is 24.3 Å². The van der Waals surface area contributed by atoms with Crippen molar-refractivity contribution >= 4 is 29.3 Å². The number of halogens is 2. The van der Waals surface area contributed by atoms with Crippen LogP contribution in [0.2, 0.25) is 0 Å². The summed E-state index contributed by atoms with van der Waals surface area (Å²) < 4.78 is 25.0. The summed E-state index contributed by atoms with van der Waals surface area (Å²) in [5.41, 5.74) is 0.309. The Balaban J connectivity index is 1.99. The lowest BCUT2D eigenvalue weighted by Crippen LogP contribution is -2.40. The number of alkyl halides is 2. The third-order valence-electron chi connectivity index (χ3n) is 3.37. The minimum atomic E-state index is -2.58. The van der Waals surface area contributed by atoms with E-state index in [-0.39, 0.29) is 11.4 Å². The predicted molar refractivity (Wildman–Crippen MR) is 79.2 cm³/mol. The molecule has 22 heavy (non-hydrogen) atoms. The number of carboxylic acid groups (broad SMARTS) is 1. The summed E-state index contributed by atoms with van der Waals surface area (Å²) in [6.07, 6.45) is 1.24. The van der Waals surface area contributed by atoms with Crippen molar-refractivity contribution in [1.82, 2.24) is 4.90 Å². The lowest BCUT2D eigenvalue weighted by Gasteiger charge is -2.20. The van der Waals surface area contributed by atoms with Gasteiger partial charge in [-0.2, -0.15) is 8.78 Å². The zero-order valence-corrected chi connectivity index (χ0v) is 12.5. The molecule has 0 saturated carbocycles. The van der Waals surface area contributed by atoms with E-state index in [1.165, 1.54) is 6.07 Å². The van der Waals surface area contributed by atoms with Gasteiger partial charge in [0.05, 0.1) is 12.2 Å². The number of carbonyl (C=O) groups excluding carboxylic acids is 1. The number of hydrogen-bond donors (Lipinski definition) is 2. The summed E-state index contributed by atoms with van der Waals surface area (Å²) in [6.45, 7) is 0.475. The van der Waals surface area contributed by atoms with Crippen molar-refractivity contribution in [2.45, 2.75) is 29.5 Å². The highest BCUT2D eigenvalue weighted by Crippen LogP contribution is 2.31. The summed E-state index contributed by atoms with van der Waals surface area (Å²) in [5, 5.41) is 11.6. The minimum Gasteiger partial charge on any atom is -0.480 e. The van der Waals surface area contributed by atoms with Gasteiger partial charge in [-0.3, -0.25) is 14.5 Å². The molecule has 1 atom stereocenters. The Kier molecular flexibility index (Phi) is 5.73. The van der Waals surface area contributed by atoms with Crippen molar-refractivity contribution < 1.29 is 23.5 Å². The summed E-state index contributed by atoms with van der Waals surface area (Å²) in [7, 11) is 0. The number of anilines is 1. The van der Waals surface area contributed by atoms with Gasteiger partial charge in [0.2, 0.25) is 5.91 Å². The molecule has 1 aliphatic heterocycles. The number of carboxylic acids is 1. The van der Waals surface area contributed by atoms with Crippen molar-refractivity contribution in [3.8, 4) is 0 Å². The summed E-state index contributed by atoms with van der Waals surface area (Å²) in [5.74, 6) is -3.93. The smallest absolute Gasteiger partial charge is 0.320 e. The quantitative estimate of drug-likeness (QED) is 0.784. The molecular formula is C14H16F2N2O3S. The van der Waals surface area contributed by atoms with Crippen LogP contribution in [0.1, 0.15) is 12.8 Å². The highest BCUT2D eigenvalue weighted by atomic mass is 32.2. The molecule has 1 saturated heterocycles. The van der Waals surface area contributed by atoms with E-state index in [2.05, 4.69) is 5.32 Å². The average molecular weight is 330 g/mol. The van der Waals surface area contributed by atoms with Gasteiger partial charge in [0.25, 0.3) is 5.76 Å². The third kappa shape index (κ3) is 4.41. The van der Waals surface area contributed by atoms with E-state index >= 15 is 0 Å². The van der Waals surface area contributed by atoms with E-state index in [9.17, 15) is 18.4 Å². The third-order valence-corrected chi connectivity index (χ3v) is 4.16. The van der Waals surface area contributed by atoms with Gasteiger partial charge < -0.3 is 10.4 Å². The average Bonchev–Trinajstić information content (AvgIpc) is 2.88. The topological polar surface area (TPSA) is 69.6 Å². The maximum Gasteiger partial charge on any atom is 0.320 e. The molecule has 2 N–H and O–H groups in total. The first kappa shape index (κ1) is 16.7. The number of amides is 1. The number of aliphatic carboxylic acids is 1. The summed E-state index contributed by atoms with van der Waals surface area (Å²) in [4.78, 5) is 25.0. The molecule has 1 amide bonds. The second kappa shape index (κ2) is 7.55. The zero-order chi connectivity index (χ0) is 16.1. The van der Waals surface area contributed by atoms with E-state index in [1.807, 2.05) is 0 Å². The molecular weight excluding hydrogens is 314 g/mol. The number of rotatable bonds is 6. The molecule has 1 unspecified atom stereocenters. The van der Waals surface area contributed by atoms with Crippen LogP contribution in [0.5, 0.6) is 0 Å². The van der Waals surface area contributed by atoms with Crippen LogP contribution in [0.3, 0.4) is 0 Å².